The Bertz CT molecular complexity index is 819. The lowest BCUT2D eigenvalue weighted by Crippen LogP contribution is -2.43. The van der Waals surface area contributed by atoms with Gasteiger partial charge in [0.2, 0.25) is 0 Å². The zero-order valence-corrected chi connectivity index (χ0v) is 13.9. The maximum Gasteiger partial charge on any atom is 0.328 e. The zero-order chi connectivity index (χ0) is 17.5. The van der Waals surface area contributed by atoms with E-state index < -0.39 is 17.8 Å². The Morgan fingerprint density at radius 2 is 1.83 bits per heavy atom. The maximum atomic E-state index is 11.6. The first kappa shape index (κ1) is 17.5. The van der Waals surface area contributed by atoms with Crippen LogP contribution < -0.4 is 15.6 Å². The third kappa shape index (κ3) is 4.82. The van der Waals surface area contributed by atoms with Crippen molar-refractivity contribution >= 4 is 44.5 Å². The molecule has 0 spiro atoms. The first-order valence-corrected chi connectivity index (χ1v) is 7.56. The Labute approximate surface area is 145 Å². The van der Waals surface area contributed by atoms with E-state index in [1.165, 1.54) is 0 Å². The minimum absolute atomic E-state index is 0.320. The smallest absolute Gasteiger partial charge is 0.328 e. The third-order valence-electron chi connectivity index (χ3n) is 2.89. The van der Waals surface area contributed by atoms with Crippen LogP contribution in [0.4, 0.5) is 0 Å². The number of hydrazine groups is 1. The van der Waals surface area contributed by atoms with Gasteiger partial charge in [0.25, 0.3) is 11.8 Å². The van der Waals surface area contributed by atoms with E-state index in [2.05, 4.69) is 21.4 Å². The second-order valence-electron chi connectivity index (χ2n) is 4.60. The molecule has 24 heavy (non-hydrogen) atoms. The monoisotopic (exact) mass is 392 g/mol. The molecule has 2 aromatic rings. The summed E-state index contributed by atoms with van der Waals surface area (Å²) in [5.41, 5.74) is 4.15. The van der Waals surface area contributed by atoms with Crippen molar-refractivity contribution in [3.63, 3.8) is 0 Å². The molecule has 124 valence electrons. The molecule has 2 rings (SSSR count). The molecular formula is C16H13BrN2O5. The van der Waals surface area contributed by atoms with Gasteiger partial charge in [0, 0.05) is 12.2 Å². The second kappa shape index (κ2) is 8.11. The molecule has 8 heteroatoms. The van der Waals surface area contributed by atoms with Gasteiger partial charge in [-0.3, -0.25) is 20.4 Å². The van der Waals surface area contributed by atoms with E-state index in [1.54, 1.807) is 6.07 Å². The fourth-order valence-electron chi connectivity index (χ4n) is 1.82. The van der Waals surface area contributed by atoms with Crippen LogP contribution in [0.1, 0.15) is 0 Å². The number of hydrogen-bond donors (Lipinski definition) is 3. The highest BCUT2D eigenvalue weighted by Gasteiger charge is 2.09. The summed E-state index contributed by atoms with van der Waals surface area (Å²) < 4.78 is 6.14. The number of aliphatic carboxylic acids is 1. The maximum absolute atomic E-state index is 11.6. The number of amides is 2. The molecule has 0 aromatic heterocycles. The molecule has 0 saturated carbocycles. The molecular weight excluding hydrogens is 380 g/mol. The topological polar surface area (TPSA) is 105 Å². The van der Waals surface area contributed by atoms with Crippen LogP contribution in [-0.2, 0) is 14.4 Å². The van der Waals surface area contributed by atoms with Gasteiger partial charge in [-0.15, -0.1) is 0 Å². The summed E-state index contributed by atoms with van der Waals surface area (Å²) in [4.78, 5) is 33.1. The van der Waals surface area contributed by atoms with Crippen LogP contribution in [0.15, 0.2) is 53.0 Å². The van der Waals surface area contributed by atoms with E-state index in [1.807, 2.05) is 35.8 Å². The summed E-state index contributed by atoms with van der Waals surface area (Å²) in [6.45, 7) is -0.320. The predicted octanol–water partition coefficient (Wildman–Crippen LogP) is 1.77. The second-order valence-corrected chi connectivity index (χ2v) is 5.39. The summed E-state index contributed by atoms with van der Waals surface area (Å²) in [7, 11) is 0. The van der Waals surface area contributed by atoms with Crippen LogP contribution in [0.2, 0.25) is 0 Å². The van der Waals surface area contributed by atoms with Crippen molar-refractivity contribution in [3.05, 3.63) is 53.0 Å². The van der Waals surface area contributed by atoms with E-state index in [0.717, 1.165) is 21.3 Å². The summed E-state index contributed by atoms with van der Waals surface area (Å²) in [5.74, 6) is -2.13. The van der Waals surface area contributed by atoms with Crippen LogP contribution in [-0.4, -0.2) is 29.5 Å². The highest BCUT2D eigenvalue weighted by molar-refractivity contribution is 9.10. The number of halogens is 1. The molecule has 0 unspecified atom stereocenters. The average Bonchev–Trinajstić information content (AvgIpc) is 2.57. The summed E-state index contributed by atoms with van der Waals surface area (Å²) in [6.07, 6.45) is 1.44. The van der Waals surface area contributed by atoms with Gasteiger partial charge in [-0.1, -0.05) is 30.3 Å². The summed E-state index contributed by atoms with van der Waals surface area (Å²) in [5, 5.41) is 10.3. The fraction of sp³-hybridized carbons (Fsp3) is 0.0625. The van der Waals surface area contributed by atoms with Crippen molar-refractivity contribution in [3.8, 4) is 5.75 Å². The molecule has 0 aliphatic heterocycles. The van der Waals surface area contributed by atoms with Crippen LogP contribution in [0.25, 0.3) is 10.8 Å². The Hall–Kier alpha value is -2.87. The minimum Gasteiger partial charge on any atom is -0.483 e. The van der Waals surface area contributed by atoms with E-state index in [4.69, 9.17) is 9.84 Å². The predicted molar refractivity (Wildman–Crippen MR) is 90.2 cm³/mol. The summed E-state index contributed by atoms with van der Waals surface area (Å²) >= 11 is 3.44. The number of carbonyl (C=O) groups is 3. The van der Waals surface area contributed by atoms with Gasteiger partial charge in [-0.25, -0.2) is 4.79 Å². The minimum atomic E-state index is -1.26. The molecule has 2 aromatic carbocycles. The average molecular weight is 393 g/mol. The number of ether oxygens (including phenoxy) is 1. The van der Waals surface area contributed by atoms with Crippen LogP contribution in [0.3, 0.4) is 0 Å². The van der Waals surface area contributed by atoms with Crippen molar-refractivity contribution in [1.29, 1.82) is 0 Å². The molecule has 0 saturated heterocycles. The number of benzene rings is 2. The van der Waals surface area contributed by atoms with Gasteiger partial charge in [0.15, 0.2) is 6.61 Å². The van der Waals surface area contributed by atoms with E-state index in [-0.39, 0.29) is 6.61 Å². The van der Waals surface area contributed by atoms with Gasteiger partial charge in [-0.2, -0.15) is 0 Å². The molecule has 0 heterocycles. The molecule has 7 nitrogen and oxygen atoms in total. The molecule has 0 radical (unpaired) electrons. The Morgan fingerprint density at radius 1 is 1.08 bits per heavy atom. The third-order valence-corrected chi connectivity index (χ3v) is 3.71. The first-order valence-electron chi connectivity index (χ1n) is 6.77. The van der Waals surface area contributed by atoms with Gasteiger partial charge in [0.05, 0.1) is 4.47 Å². The molecule has 0 bridgehead atoms. The number of nitrogens with one attached hydrogen (secondary N) is 2. The Kier molecular flexibility index (Phi) is 5.91. The molecule has 0 fully saturated rings. The van der Waals surface area contributed by atoms with Crippen molar-refractivity contribution in [2.24, 2.45) is 0 Å². The van der Waals surface area contributed by atoms with Crippen LogP contribution in [0.5, 0.6) is 5.75 Å². The lowest BCUT2D eigenvalue weighted by atomic mass is 10.1. The molecule has 3 N–H and O–H groups in total. The summed E-state index contributed by atoms with van der Waals surface area (Å²) in [6, 6.07) is 11.3. The van der Waals surface area contributed by atoms with Crippen molar-refractivity contribution in [2.75, 3.05) is 6.61 Å². The molecule has 0 atom stereocenters. The number of fused-ring (bicyclic) bond motifs is 1. The standard InChI is InChI=1S/C16H13BrN2O5/c17-16-11-4-2-1-3-10(11)5-6-12(16)24-9-14(21)19-18-13(20)7-8-15(22)23/h1-8H,9H2,(H,18,20)(H,19,21)(H,22,23)/b8-7-. The normalized spacial score (nSPS) is 10.5. The molecule has 0 aliphatic carbocycles. The first-order chi connectivity index (χ1) is 11.5. The van der Waals surface area contributed by atoms with Gasteiger partial charge in [0.1, 0.15) is 5.75 Å². The van der Waals surface area contributed by atoms with E-state index in [0.29, 0.717) is 11.8 Å². The highest BCUT2D eigenvalue weighted by Crippen LogP contribution is 2.32. The SMILES string of the molecule is O=C(O)/C=C\C(=O)NNC(=O)COc1ccc2ccccc2c1Br. The lowest BCUT2D eigenvalue weighted by molar-refractivity contribution is -0.131. The van der Waals surface area contributed by atoms with Gasteiger partial charge >= 0.3 is 5.97 Å². The quantitative estimate of drug-likeness (QED) is 0.531. The van der Waals surface area contributed by atoms with Gasteiger partial charge in [-0.05, 0) is 32.8 Å². The highest BCUT2D eigenvalue weighted by atomic mass is 79.9. The number of carboxylic acid groups (broad SMARTS) is 1. The molecule has 2 amide bonds. The number of carbonyl (C=O) groups excluding carboxylic acids is 2. The zero-order valence-electron chi connectivity index (χ0n) is 12.3. The van der Waals surface area contributed by atoms with Crippen LogP contribution in [0, 0.1) is 0 Å². The number of hydrogen-bond acceptors (Lipinski definition) is 4. The number of rotatable bonds is 5. The largest absolute Gasteiger partial charge is 0.483 e. The van der Waals surface area contributed by atoms with Gasteiger partial charge < -0.3 is 9.84 Å². The van der Waals surface area contributed by atoms with Crippen LogP contribution >= 0.6 is 15.9 Å². The van der Waals surface area contributed by atoms with E-state index >= 15 is 0 Å². The Balaban J connectivity index is 1.89. The van der Waals surface area contributed by atoms with Crippen molar-refractivity contribution in [1.82, 2.24) is 10.9 Å². The molecule has 0 aliphatic rings. The Morgan fingerprint density at radius 3 is 2.58 bits per heavy atom. The fourth-order valence-corrected chi connectivity index (χ4v) is 2.43. The van der Waals surface area contributed by atoms with Crippen molar-refractivity contribution < 1.29 is 24.2 Å². The van der Waals surface area contributed by atoms with Crippen molar-refractivity contribution in [2.45, 2.75) is 0 Å². The van der Waals surface area contributed by atoms with E-state index in [9.17, 15) is 14.4 Å². The lowest BCUT2D eigenvalue weighted by Gasteiger charge is -2.10. The number of carboxylic acids is 1.